The smallest absolute Gasteiger partial charge is 0.321 e. The monoisotopic (exact) mass is 366 g/mol. The number of imide groups is 1. The fraction of sp³-hybridized carbons (Fsp3) is 0.588. The molecule has 8 heteroatoms. The normalized spacial score (nSPS) is 17.0. The number of urea groups is 1. The third-order valence-electron chi connectivity index (χ3n) is 3.99. The number of carbonyl (C=O) groups is 3. The lowest BCUT2D eigenvalue weighted by Crippen LogP contribution is -2.57. The summed E-state index contributed by atoms with van der Waals surface area (Å²) in [6.07, 6.45) is 0. The molecule has 0 bridgehead atoms. The molecule has 1 atom stereocenters. The zero-order valence-electron chi connectivity index (χ0n) is 15.2. The minimum Gasteiger partial charge on any atom is -0.335 e. The lowest BCUT2D eigenvalue weighted by molar-refractivity contribution is -0.125. The van der Waals surface area contributed by atoms with E-state index < -0.39 is 17.6 Å². The van der Waals surface area contributed by atoms with Crippen LogP contribution in [0, 0.1) is 0 Å². The van der Waals surface area contributed by atoms with Gasteiger partial charge in [-0.25, -0.2) is 4.79 Å². The number of rotatable bonds is 3. The first kappa shape index (κ1) is 19.4. The molecule has 1 unspecified atom stereocenters. The van der Waals surface area contributed by atoms with E-state index in [2.05, 4.69) is 10.6 Å². The van der Waals surface area contributed by atoms with Gasteiger partial charge in [-0.1, -0.05) is 6.07 Å². The Morgan fingerprint density at radius 2 is 1.80 bits per heavy atom. The van der Waals surface area contributed by atoms with Crippen molar-refractivity contribution in [3.05, 3.63) is 22.4 Å². The fourth-order valence-corrected chi connectivity index (χ4v) is 3.31. The van der Waals surface area contributed by atoms with E-state index in [0.29, 0.717) is 26.2 Å². The van der Waals surface area contributed by atoms with Crippen LogP contribution in [0.5, 0.6) is 0 Å². The van der Waals surface area contributed by atoms with Gasteiger partial charge in [-0.2, -0.15) is 0 Å². The number of hydrogen-bond acceptors (Lipinski definition) is 5. The average Bonchev–Trinajstić information content (AvgIpc) is 3.06. The van der Waals surface area contributed by atoms with Crippen LogP contribution in [0.4, 0.5) is 4.79 Å². The largest absolute Gasteiger partial charge is 0.335 e. The van der Waals surface area contributed by atoms with E-state index in [1.165, 1.54) is 11.3 Å². The van der Waals surface area contributed by atoms with Crippen molar-refractivity contribution in [1.82, 2.24) is 20.4 Å². The van der Waals surface area contributed by atoms with Gasteiger partial charge >= 0.3 is 6.03 Å². The van der Waals surface area contributed by atoms with Crippen molar-refractivity contribution in [3.63, 3.8) is 0 Å². The molecule has 25 heavy (non-hydrogen) atoms. The lowest BCUT2D eigenvalue weighted by Gasteiger charge is -2.37. The summed E-state index contributed by atoms with van der Waals surface area (Å²) in [6.45, 7) is 9.68. The van der Waals surface area contributed by atoms with Crippen LogP contribution in [0.3, 0.4) is 0 Å². The van der Waals surface area contributed by atoms with Crippen LogP contribution < -0.4 is 10.6 Å². The first-order valence-electron chi connectivity index (χ1n) is 8.37. The molecule has 4 amide bonds. The molecule has 0 aliphatic carbocycles. The maximum absolute atomic E-state index is 12.3. The van der Waals surface area contributed by atoms with E-state index >= 15 is 0 Å². The Kier molecular flexibility index (Phi) is 6.18. The maximum Gasteiger partial charge on any atom is 0.321 e. The van der Waals surface area contributed by atoms with E-state index in [0.717, 1.165) is 4.88 Å². The number of piperazine rings is 1. The Morgan fingerprint density at radius 1 is 1.16 bits per heavy atom. The Bertz CT molecular complexity index is 616. The molecule has 2 rings (SSSR count). The Labute approximate surface area is 152 Å². The van der Waals surface area contributed by atoms with Gasteiger partial charge in [0.2, 0.25) is 5.91 Å². The Morgan fingerprint density at radius 3 is 2.32 bits per heavy atom. The molecule has 0 aromatic carbocycles. The number of nitrogens with zero attached hydrogens (tertiary/aromatic N) is 2. The Balaban J connectivity index is 1.82. The molecule has 1 fully saturated rings. The molecule has 138 valence electrons. The van der Waals surface area contributed by atoms with Crippen molar-refractivity contribution in [1.29, 1.82) is 0 Å². The summed E-state index contributed by atoms with van der Waals surface area (Å²) in [7, 11) is 0. The van der Waals surface area contributed by atoms with E-state index in [1.807, 2.05) is 43.2 Å². The summed E-state index contributed by atoms with van der Waals surface area (Å²) >= 11 is 1.43. The highest BCUT2D eigenvalue weighted by molar-refractivity contribution is 7.12. The number of nitrogens with one attached hydrogen (secondary N) is 2. The van der Waals surface area contributed by atoms with Crippen molar-refractivity contribution in [2.75, 3.05) is 26.2 Å². The van der Waals surface area contributed by atoms with Gasteiger partial charge in [-0.05, 0) is 39.1 Å². The third-order valence-corrected chi connectivity index (χ3v) is 4.84. The maximum atomic E-state index is 12.3. The van der Waals surface area contributed by atoms with Crippen molar-refractivity contribution in [2.24, 2.45) is 0 Å². The molecule has 7 nitrogen and oxygen atoms in total. The molecule has 0 saturated carbocycles. The SMILES string of the molecule is CC(C(=O)NC(=O)NC(C)(C)C)N1CCN(C(=O)c2cccs2)CC1. The van der Waals surface area contributed by atoms with E-state index in [1.54, 1.807) is 11.8 Å². The standard InChI is InChI=1S/C17H26N4O3S/c1-12(14(22)18-16(24)19-17(2,3)4)20-7-9-21(10-8-20)15(23)13-6-5-11-25-13/h5-6,11-12H,7-10H2,1-4H3,(H2,18,19,22,24). The van der Waals surface area contributed by atoms with Crippen LogP contribution in [-0.4, -0.2) is 65.4 Å². The third kappa shape index (κ3) is 5.54. The Hall–Kier alpha value is -1.93. The molecular weight excluding hydrogens is 340 g/mol. The van der Waals surface area contributed by atoms with Gasteiger partial charge in [0.1, 0.15) is 0 Å². The van der Waals surface area contributed by atoms with Gasteiger partial charge in [0.15, 0.2) is 0 Å². The number of hydrogen-bond donors (Lipinski definition) is 2. The summed E-state index contributed by atoms with van der Waals surface area (Å²) in [6, 6.07) is 2.77. The van der Waals surface area contributed by atoms with Crippen molar-refractivity contribution in [2.45, 2.75) is 39.3 Å². The molecule has 0 spiro atoms. The fourth-order valence-electron chi connectivity index (χ4n) is 2.62. The van der Waals surface area contributed by atoms with Gasteiger partial charge in [0.25, 0.3) is 5.91 Å². The topological polar surface area (TPSA) is 81.8 Å². The van der Waals surface area contributed by atoms with Crippen LogP contribution in [0.1, 0.15) is 37.4 Å². The highest BCUT2D eigenvalue weighted by atomic mass is 32.1. The van der Waals surface area contributed by atoms with Crippen LogP contribution in [0.2, 0.25) is 0 Å². The number of amides is 4. The van der Waals surface area contributed by atoms with Gasteiger partial charge in [0, 0.05) is 31.7 Å². The molecule has 2 N–H and O–H groups in total. The highest BCUT2D eigenvalue weighted by Gasteiger charge is 2.29. The van der Waals surface area contributed by atoms with Crippen LogP contribution in [-0.2, 0) is 4.79 Å². The van der Waals surface area contributed by atoms with Crippen molar-refractivity contribution in [3.8, 4) is 0 Å². The molecule has 2 heterocycles. The summed E-state index contributed by atoms with van der Waals surface area (Å²) in [5.74, 6) is -0.295. The van der Waals surface area contributed by atoms with E-state index in [9.17, 15) is 14.4 Å². The van der Waals surface area contributed by atoms with Gasteiger partial charge < -0.3 is 10.2 Å². The number of carbonyl (C=O) groups excluding carboxylic acids is 3. The van der Waals surface area contributed by atoms with E-state index in [4.69, 9.17) is 0 Å². The zero-order chi connectivity index (χ0) is 18.6. The summed E-state index contributed by atoms with van der Waals surface area (Å²) in [5.41, 5.74) is -0.401. The predicted octanol–water partition coefficient (Wildman–Crippen LogP) is 1.52. The molecule has 1 aliphatic heterocycles. The highest BCUT2D eigenvalue weighted by Crippen LogP contribution is 2.14. The first-order valence-corrected chi connectivity index (χ1v) is 9.25. The van der Waals surface area contributed by atoms with Gasteiger partial charge in [0.05, 0.1) is 10.9 Å². The summed E-state index contributed by atoms with van der Waals surface area (Å²) in [5, 5.41) is 6.97. The van der Waals surface area contributed by atoms with E-state index in [-0.39, 0.29) is 11.8 Å². The van der Waals surface area contributed by atoms with Gasteiger partial charge in [-0.15, -0.1) is 11.3 Å². The van der Waals surface area contributed by atoms with Gasteiger partial charge in [-0.3, -0.25) is 19.8 Å². The van der Waals surface area contributed by atoms with Crippen LogP contribution >= 0.6 is 11.3 Å². The molecule has 1 aliphatic rings. The summed E-state index contributed by atoms with van der Waals surface area (Å²) < 4.78 is 0. The second-order valence-electron chi connectivity index (χ2n) is 7.17. The molecular formula is C17H26N4O3S. The minimum absolute atomic E-state index is 0.0382. The average molecular weight is 366 g/mol. The second-order valence-corrected chi connectivity index (χ2v) is 8.12. The van der Waals surface area contributed by atoms with Crippen molar-refractivity contribution < 1.29 is 14.4 Å². The predicted molar refractivity (Wildman–Crippen MR) is 97.7 cm³/mol. The molecule has 0 radical (unpaired) electrons. The molecule has 1 saturated heterocycles. The second kappa shape index (κ2) is 7.97. The quantitative estimate of drug-likeness (QED) is 0.850. The molecule has 1 aromatic rings. The van der Waals surface area contributed by atoms with Crippen molar-refractivity contribution >= 4 is 29.2 Å². The minimum atomic E-state index is -0.490. The first-order chi connectivity index (χ1) is 11.7. The zero-order valence-corrected chi connectivity index (χ0v) is 16.0. The van der Waals surface area contributed by atoms with Crippen LogP contribution in [0.15, 0.2) is 17.5 Å². The molecule has 1 aromatic heterocycles. The lowest BCUT2D eigenvalue weighted by atomic mass is 10.1. The summed E-state index contributed by atoms with van der Waals surface area (Å²) in [4.78, 5) is 40.9. The number of thiophene rings is 1. The van der Waals surface area contributed by atoms with Crippen LogP contribution in [0.25, 0.3) is 0 Å².